The van der Waals surface area contributed by atoms with Gasteiger partial charge in [-0.3, -0.25) is 24.0 Å². The molecule has 0 saturated carbocycles. The Labute approximate surface area is 231 Å². The van der Waals surface area contributed by atoms with E-state index in [0.29, 0.717) is 43.7 Å². The van der Waals surface area contributed by atoms with Gasteiger partial charge in [0.15, 0.2) is 9.84 Å². The van der Waals surface area contributed by atoms with Crippen molar-refractivity contribution in [3.8, 4) is 0 Å². The van der Waals surface area contributed by atoms with E-state index in [4.69, 9.17) is 9.47 Å². The lowest BCUT2D eigenvalue weighted by molar-refractivity contribution is -0.199. The number of hydrogen-bond donors (Lipinski definition) is 3. The van der Waals surface area contributed by atoms with Gasteiger partial charge in [-0.1, -0.05) is 25.3 Å². The Morgan fingerprint density at radius 3 is 2.33 bits per heavy atom. The van der Waals surface area contributed by atoms with Crippen LogP contribution in [0.15, 0.2) is 0 Å². The van der Waals surface area contributed by atoms with E-state index in [1.54, 1.807) is 13.8 Å². The summed E-state index contributed by atoms with van der Waals surface area (Å²) in [5.74, 6) is -2.65. The Balaban J connectivity index is 1.25. The summed E-state index contributed by atoms with van der Waals surface area (Å²) in [6.45, 7) is 3.61. The van der Waals surface area contributed by atoms with Crippen molar-refractivity contribution in [3.63, 3.8) is 0 Å². The molecule has 3 saturated heterocycles. The number of esters is 1. The van der Waals surface area contributed by atoms with Gasteiger partial charge in [-0.25, -0.2) is 18.0 Å². The lowest BCUT2D eigenvalue weighted by atomic mass is 10.0. The molecule has 15 nitrogen and oxygen atoms in total. The van der Waals surface area contributed by atoms with Crippen LogP contribution in [0.2, 0.25) is 0 Å². The fraction of sp³-hybridized carbons (Fsp3) is 0.750. The van der Waals surface area contributed by atoms with E-state index in [1.807, 2.05) is 0 Å². The molecule has 224 valence electrons. The Bertz CT molecular complexity index is 1090. The van der Waals surface area contributed by atoms with Crippen molar-refractivity contribution < 1.29 is 51.5 Å². The summed E-state index contributed by atoms with van der Waals surface area (Å²) in [6, 6.07) is -1.19. The Morgan fingerprint density at radius 1 is 0.975 bits per heavy atom. The summed E-state index contributed by atoms with van der Waals surface area (Å²) in [6.07, 6.45) is -0.233. The number of nitrogens with one attached hydrogen (secondary N) is 3. The number of nitrogens with zero attached hydrogens (tertiary/aromatic N) is 1. The molecule has 3 unspecified atom stereocenters. The highest BCUT2D eigenvalue weighted by Crippen LogP contribution is 2.28. The van der Waals surface area contributed by atoms with Crippen LogP contribution in [-0.2, 0) is 43.3 Å². The fourth-order valence-corrected chi connectivity index (χ4v) is 6.95. The smallest absolute Gasteiger partial charge is 0.425 e. The molecule has 0 aliphatic carbocycles. The predicted octanol–water partition coefficient (Wildman–Crippen LogP) is 0.423. The summed E-state index contributed by atoms with van der Waals surface area (Å²) in [4.78, 5) is 75.3. The molecule has 3 rings (SSSR count). The van der Waals surface area contributed by atoms with Crippen LogP contribution >= 0.6 is 0 Å². The number of hydrogen-bond acceptors (Lipinski definition) is 11. The van der Waals surface area contributed by atoms with Crippen molar-refractivity contribution in [1.29, 1.82) is 0 Å². The summed E-state index contributed by atoms with van der Waals surface area (Å²) < 4.78 is 34.8. The quantitative estimate of drug-likeness (QED) is 0.0834. The second-order valence-corrected chi connectivity index (χ2v) is 12.6. The van der Waals surface area contributed by atoms with Crippen LogP contribution in [0.25, 0.3) is 0 Å². The van der Waals surface area contributed by atoms with Gasteiger partial charge in [0.25, 0.3) is 18.1 Å². The third-order valence-corrected chi connectivity index (χ3v) is 9.04. The highest BCUT2D eigenvalue weighted by Gasteiger charge is 2.51. The fourth-order valence-electron chi connectivity index (χ4n) is 4.68. The van der Waals surface area contributed by atoms with Gasteiger partial charge >= 0.3 is 18.2 Å². The zero-order chi connectivity index (χ0) is 29.4. The zero-order valence-electron chi connectivity index (χ0n) is 22.5. The molecule has 4 atom stereocenters. The molecule has 0 spiro atoms. The number of carbonyl (C=O) groups excluding carboxylic acids is 6. The summed E-state index contributed by atoms with van der Waals surface area (Å²) in [5.41, 5.74) is 0. The van der Waals surface area contributed by atoms with Gasteiger partial charge in [0.05, 0.1) is 23.1 Å². The third kappa shape index (κ3) is 8.53. The predicted molar refractivity (Wildman–Crippen MR) is 136 cm³/mol. The summed E-state index contributed by atoms with van der Waals surface area (Å²) in [7, 11) is -3.30. The minimum absolute atomic E-state index is 0.00398. The number of sulfone groups is 1. The molecular formula is C24H36N4O11S. The number of imide groups is 1. The molecule has 40 heavy (non-hydrogen) atoms. The first-order chi connectivity index (χ1) is 18.9. The van der Waals surface area contributed by atoms with Crippen LogP contribution in [0, 0.1) is 5.92 Å². The third-order valence-electron chi connectivity index (χ3n) is 6.77. The van der Waals surface area contributed by atoms with Gasteiger partial charge in [-0.05, 0) is 25.7 Å². The van der Waals surface area contributed by atoms with E-state index in [0.717, 1.165) is 0 Å². The standard InChI is InChI=1S/C24H36N4O11S/c1-14(2)22(38-24(34)39-28-18(30)10-11-19(28)31)37-20(32)9-5-6-12-25-17(29)8-4-3-7-16-21-15(13-40(16,35)36)26-23(33)27-21/h14-16,21-22H,3-13H2,1-2H3,(H,25,29)(H2,26,27,33)/t15?,16-,21?,22?/m0/s1. The topological polar surface area (TPSA) is 204 Å². The van der Waals surface area contributed by atoms with Crippen LogP contribution in [-0.4, -0.2) is 85.3 Å². The number of unbranched alkanes of at least 4 members (excludes halogenated alkanes) is 2. The number of ether oxygens (including phenoxy) is 2. The highest BCUT2D eigenvalue weighted by molar-refractivity contribution is 7.92. The first-order valence-electron chi connectivity index (χ1n) is 13.4. The minimum Gasteiger partial charge on any atom is -0.425 e. The van der Waals surface area contributed by atoms with E-state index < -0.39 is 63.3 Å². The lowest BCUT2D eigenvalue weighted by Crippen LogP contribution is -2.39. The molecule has 0 aromatic rings. The van der Waals surface area contributed by atoms with Crippen molar-refractivity contribution in [3.05, 3.63) is 0 Å². The number of amides is 5. The SMILES string of the molecule is CC(C)C(OC(=O)CCCCNC(=O)CCCC[C@H]1C2NC(=O)NC2CS1(=O)=O)OC(=O)ON1C(=O)CCC1=O. The molecular weight excluding hydrogens is 552 g/mol. The van der Waals surface area contributed by atoms with Crippen LogP contribution in [0.3, 0.4) is 0 Å². The molecule has 3 fully saturated rings. The van der Waals surface area contributed by atoms with Crippen LogP contribution in [0.5, 0.6) is 0 Å². The number of carbonyl (C=O) groups is 6. The first kappa shape index (κ1) is 31.1. The van der Waals surface area contributed by atoms with Gasteiger partial charge in [0, 0.05) is 38.1 Å². The second-order valence-electron chi connectivity index (χ2n) is 10.3. The molecule has 0 radical (unpaired) electrons. The largest absolute Gasteiger partial charge is 0.537 e. The number of urea groups is 1. The molecule has 5 amide bonds. The molecule has 3 N–H and O–H groups in total. The van der Waals surface area contributed by atoms with E-state index in [9.17, 15) is 37.2 Å². The average Bonchev–Trinajstić information content (AvgIpc) is 3.45. The zero-order valence-corrected chi connectivity index (χ0v) is 23.3. The van der Waals surface area contributed by atoms with Crippen molar-refractivity contribution >= 4 is 45.7 Å². The van der Waals surface area contributed by atoms with Gasteiger partial charge in [-0.15, -0.1) is 0 Å². The highest BCUT2D eigenvalue weighted by atomic mass is 32.2. The van der Waals surface area contributed by atoms with Gasteiger partial charge in [0.2, 0.25) is 5.91 Å². The maximum atomic E-state index is 12.3. The van der Waals surface area contributed by atoms with Crippen molar-refractivity contribution in [2.75, 3.05) is 12.3 Å². The number of rotatable bonds is 14. The molecule has 16 heteroatoms. The maximum absolute atomic E-state index is 12.3. The first-order valence-corrected chi connectivity index (χ1v) is 15.1. The Hall–Kier alpha value is -3.43. The number of hydroxylamine groups is 2. The molecule has 3 aliphatic rings. The van der Waals surface area contributed by atoms with Gasteiger partial charge in [-0.2, -0.15) is 0 Å². The molecule has 0 aromatic heterocycles. The number of fused-ring (bicyclic) bond motifs is 1. The van der Waals surface area contributed by atoms with Crippen molar-refractivity contribution in [1.82, 2.24) is 21.0 Å². The van der Waals surface area contributed by atoms with Crippen LogP contribution < -0.4 is 16.0 Å². The molecule has 0 aromatic carbocycles. The monoisotopic (exact) mass is 588 g/mol. The van der Waals surface area contributed by atoms with Crippen molar-refractivity contribution in [2.45, 2.75) is 95.3 Å². The minimum atomic E-state index is -3.30. The second kappa shape index (κ2) is 13.8. The Kier molecular flexibility index (Phi) is 10.7. The van der Waals surface area contributed by atoms with E-state index in [1.165, 1.54) is 0 Å². The maximum Gasteiger partial charge on any atom is 0.537 e. The van der Waals surface area contributed by atoms with Gasteiger partial charge < -0.3 is 25.4 Å². The Morgan fingerprint density at radius 2 is 1.65 bits per heavy atom. The van der Waals surface area contributed by atoms with E-state index >= 15 is 0 Å². The normalized spacial score (nSPS) is 23.8. The lowest BCUT2D eigenvalue weighted by Gasteiger charge is -2.22. The van der Waals surface area contributed by atoms with E-state index in [-0.39, 0.29) is 43.4 Å². The average molecular weight is 589 g/mol. The molecule has 3 aliphatic heterocycles. The molecule has 3 heterocycles. The summed E-state index contributed by atoms with van der Waals surface area (Å²) >= 11 is 0. The van der Waals surface area contributed by atoms with Gasteiger partial charge in [0.1, 0.15) is 0 Å². The van der Waals surface area contributed by atoms with E-state index in [2.05, 4.69) is 20.8 Å². The van der Waals surface area contributed by atoms with Crippen molar-refractivity contribution in [2.24, 2.45) is 5.92 Å². The van der Waals surface area contributed by atoms with Crippen LogP contribution in [0.1, 0.15) is 71.6 Å². The van der Waals surface area contributed by atoms with Crippen LogP contribution in [0.4, 0.5) is 9.59 Å². The molecule has 0 bridgehead atoms. The summed E-state index contributed by atoms with van der Waals surface area (Å²) in [5, 5.41) is 7.71.